The molecule has 0 aromatic carbocycles. The molecule has 140 valence electrons. The highest BCUT2D eigenvalue weighted by Gasteiger charge is 2.44. The van der Waals surface area contributed by atoms with Crippen molar-refractivity contribution in [3.8, 4) is 0 Å². The van der Waals surface area contributed by atoms with Crippen LogP contribution in [0.15, 0.2) is 11.1 Å². The zero-order valence-electron chi connectivity index (χ0n) is 12.2. The fourth-order valence-electron chi connectivity index (χ4n) is 2.24. The van der Waals surface area contributed by atoms with Crippen LogP contribution >= 0.6 is 0 Å². The second kappa shape index (κ2) is 8.62. The van der Waals surface area contributed by atoms with Crippen molar-refractivity contribution in [1.82, 2.24) is 19.5 Å². The normalized spacial score (nSPS) is 25.1. The van der Waals surface area contributed by atoms with E-state index < -0.39 is 36.7 Å². The molecule has 0 saturated carbocycles. The van der Waals surface area contributed by atoms with Gasteiger partial charge in [0.25, 0.3) is 5.56 Å². The fourth-order valence-corrected chi connectivity index (χ4v) is 2.24. The summed E-state index contributed by atoms with van der Waals surface area (Å²) >= 11 is 0. The van der Waals surface area contributed by atoms with E-state index in [1.165, 1.54) is 10.9 Å². The van der Waals surface area contributed by atoms with Crippen LogP contribution in [0.3, 0.4) is 0 Å². The Morgan fingerprint density at radius 2 is 1.88 bits per heavy atom. The van der Waals surface area contributed by atoms with Gasteiger partial charge in [-0.3, -0.25) is 14.3 Å². The van der Waals surface area contributed by atoms with Crippen LogP contribution in [-0.2, 0) is 4.74 Å². The third-order valence-corrected chi connectivity index (χ3v) is 3.24. The molecule has 1 aliphatic rings. The summed E-state index contributed by atoms with van der Waals surface area (Å²) in [4.78, 5) is 21.8. The molecule has 14 nitrogen and oxygen atoms in total. The first kappa shape index (κ1) is 24.1. The van der Waals surface area contributed by atoms with E-state index in [4.69, 9.17) is 15.6 Å². The van der Waals surface area contributed by atoms with Crippen molar-refractivity contribution < 1.29 is 42.0 Å². The molecule has 2 aromatic rings. The Kier molecular flexibility index (Phi) is 8.65. The highest BCUT2D eigenvalue weighted by atomic mass is 16.6. The molecule has 3 heterocycles. The summed E-state index contributed by atoms with van der Waals surface area (Å²) in [5, 5.41) is 28.7. The van der Waals surface area contributed by atoms with E-state index in [2.05, 4.69) is 15.0 Å². The summed E-state index contributed by atoms with van der Waals surface area (Å²) in [6.45, 7) is -0.447. The van der Waals surface area contributed by atoms with E-state index in [1.807, 2.05) is 0 Å². The number of nitrogens with zero attached hydrogens (tertiary/aromatic N) is 3. The molecule has 0 spiro atoms. The van der Waals surface area contributed by atoms with E-state index in [0.717, 1.165) is 0 Å². The lowest BCUT2D eigenvalue weighted by molar-refractivity contribution is -0.0511. The minimum absolute atomic E-state index is 0. The number of nitrogen functional groups attached to an aromatic ring is 1. The van der Waals surface area contributed by atoms with E-state index in [0.29, 0.717) is 0 Å². The predicted molar refractivity (Wildman–Crippen MR) is 80.0 cm³/mol. The third-order valence-electron chi connectivity index (χ3n) is 3.24. The van der Waals surface area contributed by atoms with Gasteiger partial charge >= 0.3 is 0 Å². The summed E-state index contributed by atoms with van der Waals surface area (Å²) in [6.07, 6.45) is -3.21. The van der Waals surface area contributed by atoms with Crippen LogP contribution in [0.1, 0.15) is 6.23 Å². The zero-order chi connectivity index (χ0) is 14.4. The number of aliphatic hydroxyl groups excluding tert-OH is 3. The fraction of sp³-hybridized carbons (Fsp3) is 0.500. The van der Waals surface area contributed by atoms with Crippen LogP contribution in [-0.4, -0.2) is 81.7 Å². The smallest absolute Gasteiger partial charge is 0.280 e. The second-order valence-electron chi connectivity index (χ2n) is 4.50. The van der Waals surface area contributed by atoms with Crippen molar-refractivity contribution in [2.75, 3.05) is 12.3 Å². The van der Waals surface area contributed by atoms with Crippen LogP contribution in [0.5, 0.6) is 0 Å². The lowest BCUT2D eigenvalue weighted by atomic mass is 10.1. The van der Waals surface area contributed by atoms with E-state index in [-0.39, 0.29) is 39.0 Å². The second-order valence-corrected chi connectivity index (χ2v) is 4.50. The van der Waals surface area contributed by atoms with Crippen LogP contribution in [0.25, 0.3) is 11.2 Å². The Morgan fingerprint density at radius 3 is 2.42 bits per heavy atom. The Morgan fingerprint density at radius 1 is 1.25 bits per heavy atom. The number of H-pyrrole nitrogens is 1. The van der Waals surface area contributed by atoms with Crippen molar-refractivity contribution in [3.63, 3.8) is 0 Å². The molecule has 2 aromatic heterocycles. The number of aliphatic hydroxyl groups is 3. The molecule has 14 N–H and O–H groups in total. The number of fused-ring (bicyclic) bond motifs is 1. The topological polar surface area (TPSA) is 286 Å². The van der Waals surface area contributed by atoms with Crippen LogP contribution in [0, 0.1) is 0 Å². The molecule has 0 bridgehead atoms. The Balaban J connectivity index is 0. The molecule has 0 aliphatic carbocycles. The van der Waals surface area contributed by atoms with Gasteiger partial charge in [0.05, 0.1) is 12.9 Å². The summed E-state index contributed by atoms with van der Waals surface area (Å²) in [7, 11) is 0. The number of rotatable bonds is 2. The molecular formula is C10H21N5O9. The van der Waals surface area contributed by atoms with Crippen molar-refractivity contribution in [2.24, 2.45) is 0 Å². The Bertz CT molecular complexity index is 704. The maximum atomic E-state index is 11.7. The average Bonchev–Trinajstić information content (AvgIpc) is 2.93. The number of nitrogens with one attached hydrogen (secondary N) is 1. The molecule has 1 aliphatic heterocycles. The summed E-state index contributed by atoms with van der Waals surface area (Å²) in [6, 6.07) is 0. The minimum Gasteiger partial charge on any atom is -0.412 e. The molecule has 0 amide bonds. The molecule has 0 radical (unpaired) electrons. The number of imidazole rings is 1. The lowest BCUT2D eigenvalue weighted by Gasteiger charge is -2.16. The number of hydrogen-bond acceptors (Lipinski definition) is 8. The minimum atomic E-state index is -1.29. The highest BCUT2D eigenvalue weighted by molar-refractivity contribution is 5.70. The molecular weight excluding hydrogens is 334 g/mol. The molecule has 3 rings (SSSR count). The van der Waals surface area contributed by atoms with Crippen molar-refractivity contribution in [2.45, 2.75) is 24.5 Å². The van der Waals surface area contributed by atoms with Crippen LogP contribution < -0.4 is 11.3 Å². The number of nitrogens with two attached hydrogens (primary N) is 1. The van der Waals surface area contributed by atoms with Gasteiger partial charge in [-0.25, -0.2) is 4.98 Å². The number of aromatic amines is 1. The molecule has 14 heteroatoms. The summed E-state index contributed by atoms with van der Waals surface area (Å²) < 4.78 is 6.64. The van der Waals surface area contributed by atoms with Gasteiger partial charge in [0.15, 0.2) is 17.4 Å². The maximum Gasteiger partial charge on any atom is 0.280 e. The van der Waals surface area contributed by atoms with Crippen LogP contribution in [0.4, 0.5) is 5.95 Å². The molecule has 24 heavy (non-hydrogen) atoms. The quantitative estimate of drug-likeness (QED) is 0.344. The first-order valence-corrected chi connectivity index (χ1v) is 5.87. The molecule has 1 fully saturated rings. The summed E-state index contributed by atoms with van der Waals surface area (Å²) in [5.74, 6) is -0.101. The van der Waals surface area contributed by atoms with Crippen molar-refractivity contribution >= 4 is 17.1 Å². The lowest BCUT2D eigenvalue weighted by Crippen LogP contribution is -2.33. The predicted octanol–water partition coefficient (Wildman–Crippen LogP) is -5.99. The third kappa shape index (κ3) is 3.50. The number of hydrogen-bond donors (Lipinski definition) is 5. The van der Waals surface area contributed by atoms with Crippen molar-refractivity contribution in [3.05, 3.63) is 16.7 Å². The van der Waals surface area contributed by atoms with E-state index in [1.54, 1.807) is 0 Å². The Hall–Kier alpha value is -2.17. The SMILES string of the molecule is Nc1nc2c(ncn2[C@@H]2O[C@H](CO)[C@@H](O)[C@H]2O)c(=O)[nH]1.O.O.O.O. The number of aromatic nitrogens is 4. The first-order chi connectivity index (χ1) is 9.52. The highest BCUT2D eigenvalue weighted by Crippen LogP contribution is 2.30. The van der Waals surface area contributed by atoms with Gasteiger partial charge in [-0.05, 0) is 0 Å². The van der Waals surface area contributed by atoms with Gasteiger partial charge in [-0.1, -0.05) is 0 Å². The first-order valence-electron chi connectivity index (χ1n) is 5.87. The van der Waals surface area contributed by atoms with E-state index >= 15 is 0 Å². The zero-order valence-corrected chi connectivity index (χ0v) is 12.2. The number of ether oxygens (including phenoxy) is 1. The maximum absolute atomic E-state index is 11.7. The summed E-state index contributed by atoms with van der Waals surface area (Å²) in [5.41, 5.74) is 5.12. The van der Waals surface area contributed by atoms with Gasteiger partial charge in [-0.15, -0.1) is 0 Å². The van der Waals surface area contributed by atoms with Gasteiger partial charge < -0.3 is 47.7 Å². The monoisotopic (exact) mass is 355 g/mol. The molecule has 1 saturated heterocycles. The molecule has 4 atom stereocenters. The largest absolute Gasteiger partial charge is 0.412 e. The Labute approximate surface area is 133 Å². The number of anilines is 1. The van der Waals surface area contributed by atoms with Crippen molar-refractivity contribution in [1.29, 1.82) is 0 Å². The van der Waals surface area contributed by atoms with Gasteiger partial charge in [0.2, 0.25) is 5.95 Å². The van der Waals surface area contributed by atoms with E-state index in [9.17, 15) is 15.0 Å². The molecule has 0 unspecified atom stereocenters. The average molecular weight is 355 g/mol. The van der Waals surface area contributed by atoms with Gasteiger partial charge in [0, 0.05) is 0 Å². The van der Waals surface area contributed by atoms with Gasteiger partial charge in [-0.2, -0.15) is 4.98 Å². The van der Waals surface area contributed by atoms with Crippen LogP contribution in [0.2, 0.25) is 0 Å². The van der Waals surface area contributed by atoms with Gasteiger partial charge in [0.1, 0.15) is 18.3 Å². The standard InChI is InChI=1S/C10H13N5O5.4H2O/c11-10-13-7-4(8(19)14-10)12-2-15(7)9-6(18)5(17)3(1-16)20-9;;;;/h2-3,5-6,9,16-18H,1H2,(H3,11,13,14,19);4*1H2/t3-,5-,6-,9-;;;;/m1..../s1.